The van der Waals surface area contributed by atoms with Gasteiger partial charge in [-0.15, -0.1) is 11.3 Å². The summed E-state index contributed by atoms with van der Waals surface area (Å²) in [4.78, 5) is 32.6. The molecule has 4 rings (SSSR count). The van der Waals surface area contributed by atoms with Gasteiger partial charge in [0, 0.05) is 32.6 Å². The first-order chi connectivity index (χ1) is 14.6. The number of rotatable bonds is 7. The summed E-state index contributed by atoms with van der Waals surface area (Å²) in [5.41, 5.74) is 1.91. The van der Waals surface area contributed by atoms with Gasteiger partial charge in [0.1, 0.15) is 4.70 Å². The third kappa shape index (κ3) is 4.56. The van der Waals surface area contributed by atoms with E-state index in [-0.39, 0.29) is 23.8 Å². The van der Waals surface area contributed by atoms with Crippen molar-refractivity contribution in [2.45, 2.75) is 45.1 Å². The quantitative estimate of drug-likeness (QED) is 0.627. The van der Waals surface area contributed by atoms with E-state index in [4.69, 9.17) is 4.98 Å². The smallest absolute Gasteiger partial charge is 0.272 e. The van der Waals surface area contributed by atoms with Crippen LogP contribution in [0.2, 0.25) is 0 Å². The minimum atomic E-state index is -0.0412. The number of nitrogens with zero attached hydrogens (tertiary/aromatic N) is 3. The van der Waals surface area contributed by atoms with Gasteiger partial charge in [0.25, 0.3) is 5.56 Å². The summed E-state index contributed by atoms with van der Waals surface area (Å²) >= 11 is 1.41. The lowest BCUT2D eigenvalue weighted by molar-refractivity contribution is -0.121. The van der Waals surface area contributed by atoms with Crippen LogP contribution in [0.25, 0.3) is 10.2 Å². The Bertz CT molecular complexity index is 1050. The Labute approximate surface area is 180 Å². The molecule has 3 aromatic rings. The van der Waals surface area contributed by atoms with Crippen LogP contribution in [0.15, 0.2) is 46.6 Å². The fourth-order valence-electron chi connectivity index (χ4n) is 3.94. The maximum atomic E-state index is 13.1. The van der Waals surface area contributed by atoms with E-state index in [1.807, 2.05) is 29.6 Å². The summed E-state index contributed by atoms with van der Waals surface area (Å²) in [6.45, 7) is 4.84. The molecule has 1 fully saturated rings. The molecule has 0 aliphatic carbocycles. The number of hydrogen-bond acceptors (Lipinski definition) is 5. The number of fused-ring (bicyclic) bond motifs is 1. The Morgan fingerprint density at radius 2 is 1.93 bits per heavy atom. The average Bonchev–Trinajstić information content (AvgIpc) is 3.27. The van der Waals surface area contributed by atoms with Gasteiger partial charge >= 0.3 is 0 Å². The van der Waals surface area contributed by atoms with E-state index in [0.29, 0.717) is 23.7 Å². The van der Waals surface area contributed by atoms with Crippen LogP contribution in [-0.4, -0.2) is 35.1 Å². The predicted octanol–water partition coefficient (Wildman–Crippen LogP) is 3.76. The molecular formula is C23H28N4O2S. The maximum absolute atomic E-state index is 13.1. The van der Waals surface area contributed by atoms with Crippen molar-refractivity contribution in [1.29, 1.82) is 0 Å². The van der Waals surface area contributed by atoms with Crippen molar-refractivity contribution in [3.05, 3.63) is 57.7 Å². The van der Waals surface area contributed by atoms with Gasteiger partial charge in [0.2, 0.25) is 11.9 Å². The Morgan fingerprint density at radius 3 is 2.70 bits per heavy atom. The number of carbonyl (C=O) groups excluding carboxylic acids is 1. The molecule has 1 saturated heterocycles. The molecule has 2 aromatic heterocycles. The first-order valence-electron chi connectivity index (χ1n) is 10.7. The van der Waals surface area contributed by atoms with Gasteiger partial charge in [-0.2, -0.15) is 0 Å². The number of nitrogens with one attached hydrogen (secondary N) is 1. The molecule has 0 radical (unpaired) electrons. The molecule has 0 bridgehead atoms. The second-order valence-corrected chi connectivity index (χ2v) is 8.83. The van der Waals surface area contributed by atoms with Crippen LogP contribution in [0.3, 0.4) is 0 Å². The van der Waals surface area contributed by atoms with Gasteiger partial charge in [-0.3, -0.25) is 14.2 Å². The van der Waals surface area contributed by atoms with E-state index >= 15 is 0 Å². The number of thiophene rings is 1. The van der Waals surface area contributed by atoms with E-state index in [2.05, 4.69) is 29.3 Å². The molecule has 1 amide bonds. The summed E-state index contributed by atoms with van der Waals surface area (Å²) in [6.07, 6.45) is 3.69. The second kappa shape index (κ2) is 9.43. The zero-order valence-electron chi connectivity index (χ0n) is 17.3. The third-order valence-corrected chi connectivity index (χ3v) is 6.61. The number of benzene rings is 1. The number of carbonyl (C=O) groups is 1. The van der Waals surface area contributed by atoms with E-state index < -0.39 is 0 Å². The summed E-state index contributed by atoms with van der Waals surface area (Å²) in [7, 11) is 0. The molecular weight excluding hydrogens is 396 g/mol. The minimum absolute atomic E-state index is 0.0407. The molecule has 3 heterocycles. The predicted molar refractivity (Wildman–Crippen MR) is 122 cm³/mol. The highest BCUT2D eigenvalue weighted by Crippen LogP contribution is 2.22. The molecule has 30 heavy (non-hydrogen) atoms. The lowest BCUT2D eigenvalue weighted by atomic mass is 10.0. The topological polar surface area (TPSA) is 67.2 Å². The van der Waals surface area contributed by atoms with Crippen LogP contribution in [-0.2, 0) is 11.3 Å². The molecule has 0 spiro atoms. The number of piperidine rings is 1. The Balaban J connectivity index is 1.45. The first kappa shape index (κ1) is 20.6. The largest absolute Gasteiger partial charge is 0.355 e. The fraction of sp³-hybridized carbons (Fsp3) is 0.435. The molecule has 1 aliphatic rings. The van der Waals surface area contributed by atoms with E-state index in [1.54, 1.807) is 4.57 Å². The zero-order chi connectivity index (χ0) is 20.9. The second-order valence-electron chi connectivity index (χ2n) is 7.92. The Hall–Kier alpha value is -2.67. The van der Waals surface area contributed by atoms with Gasteiger partial charge in [-0.05, 0) is 42.2 Å². The zero-order valence-corrected chi connectivity index (χ0v) is 18.2. The van der Waals surface area contributed by atoms with Crippen LogP contribution >= 0.6 is 11.3 Å². The fourth-order valence-corrected chi connectivity index (χ4v) is 4.72. The number of hydrogen-bond donors (Lipinski definition) is 1. The number of amides is 1. The molecule has 0 unspecified atom stereocenters. The van der Waals surface area contributed by atoms with Crippen molar-refractivity contribution in [1.82, 2.24) is 14.9 Å². The Kier molecular flexibility index (Phi) is 6.47. The van der Waals surface area contributed by atoms with Crippen molar-refractivity contribution in [2.24, 2.45) is 0 Å². The highest BCUT2D eigenvalue weighted by molar-refractivity contribution is 7.17. The van der Waals surface area contributed by atoms with E-state index in [0.717, 1.165) is 31.4 Å². The van der Waals surface area contributed by atoms with E-state index in [9.17, 15) is 9.59 Å². The van der Waals surface area contributed by atoms with Crippen LogP contribution in [0, 0.1) is 0 Å². The Morgan fingerprint density at radius 1 is 1.17 bits per heavy atom. The van der Waals surface area contributed by atoms with E-state index in [1.165, 1.54) is 23.3 Å². The lowest BCUT2D eigenvalue weighted by Gasteiger charge is -2.29. The number of anilines is 1. The SMILES string of the molecule is C[C@H](CNC(=O)CCn1c(N2CCCCC2)nc2ccsc2c1=O)c1ccccc1. The normalized spacial score (nSPS) is 15.3. The van der Waals surface area contributed by atoms with Gasteiger partial charge in [0.15, 0.2) is 0 Å². The summed E-state index contributed by atoms with van der Waals surface area (Å²) in [6, 6.07) is 12.1. The van der Waals surface area contributed by atoms with Crippen LogP contribution < -0.4 is 15.8 Å². The molecule has 1 aromatic carbocycles. The van der Waals surface area contributed by atoms with Gasteiger partial charge in [-0.1, -0.05) is 37.3 Å². The van der Waals surface area contributed by atoms with Crippen molar-refractivity contribution < 1.29 is 4.79 Å². The molecule has 158 valence electrons. The third-order valence-electron chi connectivity index (χ3n) is 5.72. The van der Waals surface area contributed by atoms with Crippen molar-refractivity contribution in [3.8, 4) is 0 Å². The molecule has 0 saturated carbocycles. The first-order valence-corrected chi connectivity index (χ1v) is 11.6. The van der Waals surface area contributed by atoms with Crippen molar-refractivity contribution in [3.63, 3.8) is 0 Å². The monoisotopic (exact) mass is 424 g/mol. The average molecular weight is 425 g/mol. The summed E-state index contributed by atoms with van der Waals surface area (Å²) in [5.74, 6) is 0.905. The maximum Gasteiger partial charge on any atom is 0.272 e. The molecule has 1 atom stereocenters. The highest BCUT2D eigenvalue weighted by atomic mass is 32.1. The van der Waals surface area contributed by atoms with Crippen LogP contribution in [0.4, 0.5) is 5.95 Å². The van der Waals surface area contributed by atoms with Crippen molar-refractivity contribution >= 4 is 33.4 Å². The summed E-state index contributed by atoms with van der Waals surface area (Å²) in [5, 5.41) is 4.92. The van der Waals surface area contributed by atoms with Gasteiger partial charge < -0.3 is 10.2 Å². The molecule has 1 N–H and O–H groups in total. The van der Waals surface area contributed by atoms with Crippen molar-refractivity contribution in [2.75, 3.05) is 24.5 Å². The highest BCUT2D eigenvalue weighted by Gasteiger charge is 2.20. The van der Waals surface area contributed by atoms with Crippen LogP contribution in [0.5, 0.6) is 0 Å². The molecule has 1 aliphatic heterocycles. The molecule has 7 heteroatoms. The molecule has 6 nitrogen and oxygen atoms in total. The number of aromatic nitrogens is 2. The minimum Gasteiger partial charge on any atom is -0.355 e. The van der Waals surface area contributed by atoms with Gasteiger partial charge in [0.05, 0.1) is 5.52 Å². The van der Waals surface area contributed by atoms with Crippen LogP contribution in [0.1, 0.15) is 44.1 Å². The van der Waals surface area contributed by atoms with Gasteiger partial charge in [-0.25, -0.2) is 4.98 Å². The lowest BCUT2D eigenvalue weighted by Crippen LogP contribution is -2.37. The standard InChI is InChI=1S/C23H28N4O2S/c1-17(18-8-4-2-5-9-18)16-24-20(28)10-14-27-22(29)21-19(11-15-30-21)25-23(27)26-12-6-3-7-13-26/h2,4-5,8-9,11,15,17H,3,6-7,10,12-14,16H2,1H3,(H,24,28)/t17-/m1/s1. The summed E-state index contributed by atoms with van der Waals surface area (Å²) < 4.78 is 2.36.